The zero-order chi connectivity index (χ0) is 13.2. The van der Waals surface area contributed by atoms with Crippen molar-refractivity contribution in [3.05, 3.63) is 65.0 Å². The van der Waals surface area contributed by atoms with Gasteiger partial charge in [-0.1, -0.05) is 12.1 Å². The summed E-state index contributed by atoms with van der Waals surface area (Å²) in [4.78, 5) is 28.9. The van der Waals surface area contributed by atoms with Crippen LogP contribution in [-0.2, 0) is 13.1 Å². The quantitative estimate of drug-likeness (QED) is 0.785. The number of carbonyl (C=O) groups excluding carboxylic acids is 2. The summed E-state index contributed by atoms with van der Waals surface area (Å²) in [5, 5.41) is 0. The molecule has 4 nitrogen and oxygen atoms in total. The average Bonchev–Trinajstić information content (AvgIpc) is 2.76. The highest BCUT2D eigenvalue weighted by Gasteiger charge is 2.27. The zero-order valence-electron chi connectivity index (χ0n) is 10.2. The van der Waals surface area contributed by atoms with Gasteiger partial charge < -0.3 is 4.90 Å². The smallest absolute Gasteiger partial charge is 0.254 e. The Hall–Kier alpha value is -2.49. The summed E-state index contributed by atoms with van der Waals surface area (Å²) in [6.45, 7) is 1.02. The van der Waals surface area contributed by atoms with Gasteiger partial charge in [-0.3, -0.25) is 14.6 Å². The van der Waals surface area contributed by atoms with E-state index >= 15 is 0 Å². The molecule has 0 saturated carbocycles. The standard InChI is InChI=1S/C15H12N2O2/c18-10-11-4-5-14-12(7-11)8-17(15(14)19)9-13-3-1-2-6-16-13/h1-7,10H,8-9H2. The van der Waals surface area contributed by atoms with Gasteiger partial charge in [-0.15, -0.1) is 0 Å². The van der Waals surface area contributed by atoms with Crippen LogP contribution < -0.4 is 0 Å². The van der Waals surface area contributed by atoms with E-state index < -0.39 is 0 Å². The maximum atomic E-state index is 12.2. The number of hydrogen-bond donors (Lipinski definition) is 0. The van der Waals surface area contributed by atoms with Gasteiger partial charge in [0.15, 0.2) is 0 Å². The lowest BCUT2D eigenvalue weighted by atomic mass is 10.1. The molecular formula is C15H12N2O2. The largest absolute Gasteiger partial charge is 0.328 e. The second kappa shape index (κ2) is 4.65. The summed E-state index contributed by atoms with van der Waals surface area (Å²) in [5.74, 6) is -0.00176. The van der Waals surface area contributed by atoms with E-state index in [1.807, 2.05) is 18.2 Å². The van der Waals surface area contributed by atoms with Gasteiger partial charge in [0.05, 0.1) is 12.2 Å². The number of aromatic nitrogens is 1. The van der Waals surface area contributed by atoms with Crippen molar-refractivity contribution in [2.75, 3.05) is 0 Å². The highest BCUT2D eigenvalue weighted by atomic mass is 16.2. The van der Waals surface area contributed by atoms with Crippen LogP contribution in [0.1, 0.15) is 32.0 Å². The Bertz CT molecular complexity index is 638. The van der Waals surface area contributed by atoms with Crippen LogP contribution in [0.2, 0.25) is 0 Å². The molecule has 1 amide bonds. The predicted molar refractivity (Wildman–Crippen MR) is 69.6 cm³/mol. The molecule has 0 unspecified atom stereocenters. The number of pyridine rings is 1. The number of rotatable bonds is 3. The van der Waals surface area contributed by atoms with Crippen molar-refractivity contribution in [1.29, 1.82) is 0 Å². The van der Waals surface area contributed by atoms with E-state index in [0.717, 1.165) is 17.5 Å². The molecule has 0 aliphatic carbocycles. The second-order valence-corrected chi connectivity index (χ2v) is 4.52. The van der Waals surface area contributed by atoms with Crippen molar-refractivity contribution in [2.24, 2.45) is 0 Å². The van der Waals surface area contributed by atoms with Crippen LogP contribution in [0.15, 0.2) is 42.6 Å². The molecule has 4 heteroatoms. The number of amides is 1. The molecule has 1 aromatic heterocycles. The third-order valence-corrected chi connectivity index (χ3v) is 3.22. The van der Waals surface area contributed by atoms with E-state index in [1.165, 1.54) is 0 Å². The lowest BCUT2D eigenvalue weighted by molar-refractivity contribution is 0.0764. The molecule has 0 N–H and O–H groups in total. The van der Waals surface area contributed by atoms with Gasteiger partial charge in [0, 0.05) is 23.9 Å². The molecule has 0 radical (unpaired) electrons. The predicted octanol–water partition coefficient (Wildman–Crippen LogP) is 2.05. The van der Waals surface area contributed by atoms with Crippen LogP contribution in [0.25, 0.3) is 0 Å². The lowest BCUT2D eigenvalue weighted by Crippen LogP contribution is -2.23. The first-order chi connectivity index (χ1) is 9.28. The van der Waals surface area contributed by atoms with Crippen molar-refractivity contribution in [1.82, 2.24) is 9.88 Å². The number of benzene rings is 1. The molecular weight excluding hydrogens is 240 g/mol. The molecule has 0 atom stereocenters. The molecule has 0 spiro atoms. The molecule has 0 fully saturated rings. The second-order valence-electron chi connectivity index (χ2n) is 4.52. The third-order valence-electron chi connectivity index (χ3n) is 3.22. The summed E-state index contributed by atoms with van der Waals surface area (Å²) >= 11 is 0. The van der Waals surface area contributed by atoms with Gasteiger partial charge >= 0.3 is 0 Å². The molecule has 94 valence electrons. The van der Waals surface area contributed by atoms with E-state index in [9.17, 15) is 9.59 Å². The minimum absolute atomic E-state index is 0.00176. The van der Waals surface area contributed by atoms with E-state index in [0.29, 0.717) is 24.2 Å². The average molecular weight is 252 g/mol. The minimum atomic E-state index is -0.00176. The van der Waals surface area contributed by atoms with Gasteiger partial charge in [-0.05, 0) is 29.8 Å². The zero-order valence-corrected chi connectivity index (χ0v) is 10.2. The highest BCUT2D eigenvalue weighted by molar-refractivity contribution is 5.99. The molecule has 1 aromatic carbocycles. The SMILES string of the molecule is O=Cc1ccc2c(c1)CN(Cc1ccccn1)C2=O. The van der Waals surface area contributed by atoms with Crippen LogP contribution in [0.4, 0.5) is 0 Å². The maximum absolute atomic E-state index is 12.2. The Kier molecular flexibility index (Phi) is 2.83. The molecule has 1 aliphatic rings. The Morgan fingerprint density at radius 3 is 2.89 bits per heavy atom. The topological polar surface area (TPSA) is 50.3 Å². The van der Waals surface area contributed by atoms with Gasteiger partial charge in [0.25, 0.3) is 5.91 Å². The van der Waals surface area contributed by atoms with Crippen molar-refractivity contribution in [3.8, 4) is 0 Å². The number of hydrogen-bond acceptors (Lipinski definition) is 3. The summed E-state index contributed by atoms with van der Waals surface area (Å²) in [6, 6.07) is 10.8. The summed E-state index contributed by atoms with van der Waals surface area (Å²) in [6.07, 6.45) is 2.51. The Morgan fingerprint density at radius 2 is 2.16 bits per heavy atom. The van der Waals surface area contributed by atoms with Crippen LogP contribution in [0.3, 0.4) is 0 Å². The van der Waals surface area contributed by atoms with E-state index in [2.05, 4.69) is 4.98 Å². The number of carbonyl (C=O) groups is 2. The molecule has 2 heterocycles. The van der Waals surface area contributed by atoms with Gasteiger partial charge in [-0.25, -0.2) is 0 Å². The van der Waals surface area contributed by atoms with Crippen molar-refractivity contribution >= 4 is 12.2 Å². The van der Waals surface area contributed by atoms with Crippen LogP contribution in [0, 0.1) is 0 Å². The molecule has 0 bridgehead atoms. The molecule has 19 heavy (non-hydrogen) atoms. The van der Waals surface area contributed by atoms with E-state index in [4.69, 9.17) is 0 Å². The lowest BCUT2D eigenvalue weighted by Gasteiger charge is -2.14. The molecule has 1 aliphatic heterocycles. The van der Waals surface area contributed by atoms with Crippen LogP contribution in [0.5, 0.6) is 0 Å². The first kappa shape index (κ1) is 11.6. The fourth-order valence-electron chi connectivity index (χ4n) is 2.29. The first-order valence-electron chi connectivity index (χ1n) is 6.05. The monoisotopic (exact) mass is 252 g/mol. The van der Waals surface area contributed by atoms with Crippen molar-refractivity contribution in [3.63, 3.8) is 0 Å². The summed E-state index contributed by atoms with van der Waals surface area (Å²) in [7, 11) is 0. The van der Waals surface area contributed by atoms with Gasteiger partial charge in [0.2, 0.25) is 0 Å². The summed E-state index contributed by atoms with van der Waals surface area (Å²) < 4.78 is 0. The fraction of sp³-hybridized carbons (Fsp3) is 0.133. The maximum Gasteiger partial charge on any atom is 0.254 e. The molecule has 0 saturated heterocycles. The van der Waals surface area contributed by atoms with Crippen molar-refractivity contribution in [2.45, 2.75) is 13.1 Å². The van der Waals surface area contributed by atoms with Gasteiger partial charge in [-0.2, -0.15) is 0 Å². The van der Waals surface area contributed by atoms with Crippen LogP contribution >= 0.6 is 0 Å². The first-order valence-corrected chi connectivity index (χ1v) is 6.05. The summed E-state index contributed by atoms with van der Waals surface area (Å²) in [5.41, 5.74) is 3.05. The van der Waals surface area contributed by atoms with Crippen molar-refractivity contribution < 1.29 is 9.59 Å². The third kappa shape index (κ3) is 2.12. The van der Waals surface area contributed by atoms with Crippen LogP contribution in [-0.4, -0.2) is 22.1 Å². The Labute approximate surface area is 110 Å². The Balaban J connectivity index is 1.85. The fourth-order valence-corrected chi connectivity index (χ4v) is 2.29. The number of nitrogens with zero attached hydrogens (tertiary/aromatic N) is 2. The molecule has 2 aromatic rings. The van der Waals surface area contributed by atoms with E-state index in [-0.39, 0.29) is 5.91 Å². The number of fused-ring (bicyclic) bond motifs is 1. The Morgan fingerprint density at radius 1 is 1.26 bits per heavy atom. The molecule has 3 rings (SSSR count). The number of aldehydes is 1. The van der Waals surface area contributed by atoms with E-state index in [1.54, 1.807) is 29.3 Å². The minimum Gasteiger partial charge on any atom is -0.328 e. The highest BCUT2D eigenvalue weighted by Crippen LogP contribution is 2.24. The normalized spacial score (nSPS) is 13.5. The van der Waals surface area contributed by atoms with Gasteiger partial charge in [0.1, 0.15) is 6.29 Å².